The van der Waals surface area contributed by atoms with Crippen molar-refractivity contribution < 1.29 is 9.59 Å². The number of hydrogen-bond acceptors (Lipinski definition) is 4. The van der Waals surface area contributed by atoms with Gasteiger partial charge in [0.1, 0.15) is 0 Å². The monoisotopic (exact) mass is 533 g/mol. The van der Waals surface area contributed by atoms with Gasteiger partial charge < -0.3 is 0 Å². The zero-order valence-electron chi connectivity index (χ0n) is 23.7. The molecule has 1 aliphatic heterocycles. The Balaban J connectivity index is 1.16. The molecule has 2 aromatic carbocycles. The van der Waals surface area contributed by atoms with Gasteiger partial charge >= 0.3 is 0 Å². The van der Waals surface area contributed by atoms with Crippen molar-refractivity contribution in [2.45, 2.75) is 65.3 Å². The molecule has 0 saturated carbocycles. The van der Waals surface area contributed by atoms with Gasteiger partial charge in [-0.25, -0.2) is 0 Å². The summed E-state index contributed by atoms with van der Waals surface area (Å²) in [4.78, 5) is 32.9. The van der Waals surface area contributed by atoms with Crippen LogP contribution >= 0.6 is 0 Å². The Hall–Kier alpha value is -3.57. The normalized spacial score (nSPS) is 18.1. The number of fused-ring (bicyclic) bond motifs is 3. The second-order valence-corrected chi connectivity index (χ2v) is 12.0. The van der Waals surface area contributed by atoms with Crippen molar-refractivity contribution in [1.29, 1.82) is 0 Å². The van der Waals surface area contributed by atoms with Gasteiger partial charge in [0.05, 0.1) is 5.52 Å². The fraction of sp³-hybridized carbons (Fsp3) is 0.400. The van der Waals surface area contributed by atoms with Crippen molar-refractivity contribution >= 4 is 22.6 Å². The number of ketones is 1. The highest BCUT2D eigenvalue weighted by molar-refractivity contribution is 6.02. The number of Topliss-reactive ketones (excluding diaryl/α,β-unsaturated/α-hetero) is 1. The fourth-order valence-corrected chi connectivity index (χ4v) is 6.87. The van der Waals surface area contributed by atoms with E-state index in [-0.39, 0.29) is 11.7 Å². The third-order valence-electron chi connectivity index (χ3n) is 9.06. The summed E-state index contributed by atoms with van der Waals surface area (Å²) in [6.45, 7) is 6.73. The van der Waals surface area contributed by atoms with E-state index in [0.29, 0.717) is 18.3 Å². The summed E-state index contributed by atoms with van der Waals surface area (Å²) in [7, 11) is 0. The van der Waals surface area contributed by atoms with E-state index in [1.807, 2.05) is 35.2 Å². The molecule has 5 heteroatoms. The van der Waals surface area contributed by atoms with Gasteiger partial charge in [-0.3, -0.25) is 24.0 Å². The number of carbonyl (C=O) groups excluding carboxylic acids is 2. The van der Waals surface area contributed by atoms with E-state index in [9.17, 15) is 9.59 Å². The summed E-state index contributed by atoms with van der Waals surface area (Å²) < 4.78 is 1.90. The van der Waals surface area contributed by atoms with Gasteiger partial charge in [0.15, 0.2) is 5.78 Å². The quantitative estimate of drug-likeness (QED) is 0.244. The molecule has 1 fully saturated rings. The summed E-state index contributed by atoms with van der Waals surface area (Å²) in [5.41, 5.74) is 8.05. The molecule has 0 amide bonds. The average molecular weight is 534 g/mol. The van der Waals surface area contributed by atoms with E-state index in [1.54, 1.807) is 6.92 Å². The first-order valence-electron chi connectivity index (χ1n) is 14.8. The third-order valence-corrected chi connectivity index (χ3v) is 9.06. The molecule has 6 rings (SSSR count). The van der Waals surface area contributed by atoms with Gasteiger partial charge in [0.2, 0.25) is 5.91 Å². The molecule has 3 heterocycles. The van der Waals surface area contributed by atoms with Gasteiger partial charge in [0.25, 0.3) is 0 Å². The van der Waals surface area contributed by atoms with Crippen LogP contribution in [0.1, 0.15) is 75.7 Å². The Bertz CT molecular complexity index is 1510. The summed E-state index contributed by atoms with van der Waals surface area (Å²) in [6.07, 6.45) is 10.4. The number of aryl methyl sites for hydroxylation is 1. The number of hydrogen-bond donors (Lipinski definition) is 0. The zero-order valence-corrected chi connectivity index (χ0v) is 23.7. The first-order valence-corrected chi connectivity index (χ1v) is 14.8. The summed E-state index contributed by atoms with van der Waals surface area (Å²) in [5.74, 6) is 1.24. The van der Waals surface area contributed by atoms with Crippen LogP contribution in [-0.4, -0.2) is 39.2 Å². The van der Waals surface area contributed by atoms with Crippen molar-refractivity contribution in [2.75, 3.05) is 13.1 Å². The Morgan fingerprint density at radius 2 is 1.75 bits per heavy atom. The van der Waals surface area contributed by atoms with Gasteiger partial charge in [-0.05, 0) is 111 Å². The number of carbonyl (C=O) groups is 2. The molecule has 1 aliphatic carbocycles. The molecule has 1 atom stereocenters. The topological polar surface area (TPSA) is 55.2 Å². The molecule has 2 aromatic heterocycles. The molecule has 1 unspecified atom stereocenters. The molecular weight excluding hydrogens is 494 g/mol. The molecule has 2 aliphatic rings. The van der Waals surface area contributed by atoms with Crippen LogP contribution in [0.5, 0.6) is 0 Å². The number of benzene rings is 2. The lowest BCUT2D eigenvalue weighted by Gasteiger charge is -2.31. The number of rotatable bonds is 7. The maximum Gasteiger partial charge on any atom is 0.228 e. The van der Waals surface area contributed by atoms with Crippen LogP contribution in [0.3, 0.4) is 0 Å². The second kappa shape index (κ2) is 11.5. The Kier molecular flexibility index (Phi) is 7.66. The lowest BCUT2D eigenvalue weighted by molar-refractivity contribution is 0.0921. The molecule has 0 spiro atoms. The van der Waals surface area contributed by atoms with E-state index in [0.717, 1.165) is 80.3 Å². The number of pyridine rings is 1. The fourth-order valence-electron chi connectivity index (χ4n) is 6.87. The van der Waals surface area contributed by atoms with Crippen LogP contribution < -0.4 is 0 Å². The molecular formula is C35H39N3O2. The summed E-state index contributed by atoms with van der Waals surface area (Å²) in [6, 6.07) is 19.0. The minimum atomic E-state index is 0.0559. The molecule has 1 saturated heterocycles. The molecule has 206 valence electrons. The van der Waals surface area contributed by atoms with Crippen LogP contribution in [0.15, 0.2) is 67.0 Å². The molecule has 0 radical (unpaired) electrons. The predicted octanol–water partition coefficient (Wildman–Crippen LogP) is 6.84. The molecule has 0 N–H and O–H groups in total. The first-order chi connectivity index (χ1) is 19.4. The Labute approximate surface area is 237 Å². The number of likely N-dealkylation sites (tertiary alicyclic amines) is 1. The Morgan fingerprint density at radius 1 is 0.950 bits per heavy atom. The smallest absolute Gasteiger partial charge is 0.228 e. The molecule has 0 bridgehead atoms. The van der Waals surface area contributed by atoms with E-state index in [2.05, 4.69) is 53.2 Å². The lowest BCUT2D eigenvalue weighted by atomic mass is 9.82. The molecule has 5 nitrogen and oxygen atoms in total. The number of aromatic nitrogens is 2. The standard InChI is InChI=1S/C35H39N3O2/c1-24-5-7-26(8-6-24)18-28-9-11-33-31(19-28)32-21-30(10-12-34(32)38(33)25(2)39)35(40)20-27-13-16-37(17-14-27)23-29-4-3-15-36-22-29/h3-8,10,12,15,21-22,27-28H,9,11,13-14,16-20,23H2,1-2H3. The summed E-state index contributed by atoms with van der Waals surface area (Å²) >= 11 is 0. The first kappa shape index (κ1) is 26.6. The highest BCUT2D eigenvalue weighted by atomic mass is 16.1. The number of piperidine rings is 1. The van der Waals surface area contributed by atoms with Crippen LogP contribution in [0.2, 0.25) is 0 Å². The van der Waals surface area contributed by atoms with E-state index in [4.69, 9.17) is 0 Å². The van der Waals surface area contributed by atoms with Gasteiger partial charge in [-0.1, -0.05) is 35.9 Å². The Morgan fingerprint density at radius 3 is 2.48 bits per heavy atom. The third kappa shape index (κ3) is 5.66. The number of nitrogens with zero attached hydrogens (tertiary/aromatic N) is 3. The zero-order chi connectivity index (χ0) is 27.6. The van der Waals surface area contributed by atoms with Crippen molar-refractivity contribution in [1.82, 2.24) is 14.5 Å². The van der Waals surface area contributed by atoms with Crippen LogP contribution in [0, 0.1) is 18.8 Å². The van der Waals surface area contributed by atoms with E-state index >= 15 is 0 Å². The van der Waals surface area contributed by atoms with Crippen molar-refractivity contribution in [3.63, 3.8) is 0 Å². The van der Waals surface area contributed by atoms with Crippen molar-refractivity contribution in [2.24, 2.45) is 11.8 Å². The van der Waals surface area contributed by atoms with Crippen molar-refractivity contribution in [3.8, 4) is 0 Å². The maximum atomic E-state index is 13.5. The lowest BCUT2D eigenvalue weighted by Crippen LogP contribution is -2.33. The minimum Gasteiger partial charge on any atom is -0.299 e. The van der Waals surface area contributed by atoms with Crippen LogP contribution in [0.25, 0.3) is 10.9 Å². The van der Waals surface area contributed by atoms with Crippen molar-refractivity contribution in [3.05, 3.63) is 101 Å². The minimum absolute atomic E-state index is 0.0559. The summed E-state index contributed by atoms with van der Waals surface area (Å²) in [5, 5.41) is 1.09. The SMILES string of the molecule is CC(=O)n1c2c(c3cc(C(=O)CC4CCN(Cc5cccnc5)CC4)ccc31)CC(Cc1ccc(C)cc1)CC2. The average Bonchev–Trinajstić information content (AvgIpc) is 3.29. The van der Waals surface area contributed by atoms with Gasteiger partial charge in [-0.2, -0.15) is 0 Å². The van der Waals surface area contributed by atoms with E-state index in [1.165, 1.54) is 22.3 Å². The highest BCUT2D eigenvalue weighted by Crippen LogP contribution is 2.36. The molecule has 4 aromatic rings. The van der Waals surface area contributed by atoms with Crippen LogP contribution in [0.4, 0.5) is 0 Å². The highest BCUT2D eigenvalue weighted by Gasteiger charge is 2.28. The maximum absolute atomic E-state index is 13.5. The van der Waals surface area contributed by atoms with Gasteiger partial charge in [0, 0.05) is 48.9 Å². The van der Waals surface area contributed by atoms with Gasteiger partial charge in [-0.15, -0.1) is 0 Å². The largest absolute Gasteiger partial charge is 0.299 e. The molecule has 40 heavy (non-hydrogen) atoms. The second-order valence-electron chi connectivity index (χ2n) is 12.0. The predicted molar refractivity (Wildman–Crippen MR) is 160 cm³/mol. The van der Waals surface area contributed by atoms with Crippen LogP contribution in [-0.2, 0) is 25.8 Å². The van der Waals surface area contributed by atoms with E-state index < -0.39 is 0 Å².